The normalized spacial score (nSPS) is 10.7. The Morgan fingerprint density at radius 3 is 2.89 bits per heavy atom. The molecule has 4 nitrogen and oxygen atoms in total. The highest BCUT2D eigenvalue weighted by atomic mass is 35.5. The van der Waals surface area contributed by atoms with Crippen LogP contribution in [0, 0.1) is 0 Å². The third-order valence-electron chi connectivity index (χ3n) is 2.59. The summed E-state index contributed by atoms with van der Waals surface area (Å²) in [4.78, 5) is 13.9. The lowest BCUT2D eigenvalue weighted by Gasteiger charge is -2.06. The zero-order chi connectivity index (χ0) is 13.0. The van der Waals surface area contributed by atoms with E-state index in [0.717, 1.165) is 18.2 Å². The van der Waals surface area contributed by atoms with E-state index in [0.29, 0.717) is 23.8 Å². The van der Waals surface area contributed by atoms with E-state index < -0.39 is 5.56 Å². The van der Waals surface area contributed by atoms with E-state index in [1.807, 2.05) is 0 Å². The fourth-order valence-corrected chi connectivity index (χ4v) is 1.83. The molecule has 1 heterocycles. The van der Waals surface area contributed by atoms with E-state index >= 15 is 0 Å². The first kappa shape index (κ1) is 12.8. The Balaban J connectivity index is 2.17. The van der Waals surface area contributed by atoms with Crippen LogP contribution in [0.25, 0.3) is 10.9 Å². The van der Waals surface area contributed by atoms with Gasteiger partial charge in [0.15, 0.2) is 5.75 Å². The van der Waals surface area contributed by atoms with Crippen LogP contribution in [0.2, 0.25) is 0 Å². The second kappa shape index (κ2) is 5.78. The maximum atomic E-state index is 11.3. The summed E-state index contributed by atoms with van der Waals surface area (Å²) in [5, 5.41) is 10.1. The number of halogens is 1. The summed E-state index contributed by atoms with van der Waals surface area (Å²) < 4.78 is 5.54. The Bertz CT molecular complexity index is 594. The molecule has 0 aliphatic rings. The van der Waals surface area contributed by atoms with Crippen molar-refractivity contribution in [2.24, 2.45) is 0 Å². The molecule has 1 aromatic heterocycles. The van der Waals surface area contributed by atoms with Crippen molar-refractivity contribution in [3.63, 3.8) is 0 Å². The highest BCUT2D eigenvalue weighted by Gasteiger charge is 2.02. The molecule has 0 unspecified atom stereocenters. The van der Waals surface area contributed by atoms with Crippen LogP contribution in [0.15, 0.2) is 29.1 Å². The van der Waals surface area contributed by atoms with Gasteiger partial charge in [0.2, 0.25) is 0 Å². The van der Waals surface area contributed by atoms with Crippen molar-refractivity contribution in [3.8, 4) is 11.5 Å². The van der Waals surface area contributed by atoms with Crippen LogP contribution < -0.4 is 10.3 Å². The zero-order valence-electron chi connectivity index (χ0n) is 9.78. The fraction of sp³-hybridized carbons (Fsp3) is 0.308. The van der Waals surface area contributed by atoms with Gasteiger partial charge in [0, 0.05) is 17.3 Å². The van der Waals surface area contributed by atoms with Crippen LogP contribution in [-0.2, 0) is 0 Å². The number of aromatic amines is 1. The lowest BCUT2D eigenvalue weighted by atomic mass is 10.2. The minimum Gasteiger partial charge on any atom is -0.503 e. The third kappa shape index (κ3) is 2.96. The van der Waals surface area contributed by atoms with E-state index in [4.69, 9.17) is 16.3 Å². The number of benzene rings is 1. The molecule has 2 rings (SSSR count). The predicted molar refractivity (Wildman–Crippen MR) is 71.7 cm³/mol. The second-order valence-electron chi connectivity index (χ2n) is 3.98. The molecule has 0 saturated carbocycles. The topological polar surface area (TPSA) is 62.3 Å². The Morgan fingerprint density at radius 2 is 2.11 bits per heavy atom. The first-order valence-corrected chi connectivity index (χ1v) is 6.29. The van der Waals surface area contributed by atoms with E-state index in [2.05, 4.69) is 4.98 Å². The number of unbranched alkanes of at least 4 members (excludes halogenated alkanes) is 1. The van der Waals surface area contributed by atoms with Crippen molar-refractivity contribution < 1.29 is 9.84 Å². The highest BCUT2D eigenvalue weighted by Crippen LogP contribution is 2.20. The summed E-state index contributed by atoms with van der Waals surface area (Å²) in [7, 11) is 0. The molecule has 0 aliphatic carbocycles. The first-order valence-electron chi connectivity index (χ1n) is 5.75. The van der Waals surface area contributed by atoms with Gasteiger partial charge in [0.25, 0.3) is 5.56 Å². The summed E-state index contributed by atoms with van der Waals surface area (Å²) in [5.41, 5.74) is 0.148. The van der Waals surface area contributed by atoms with Gasteiger partial charge in [0.1, 0.15) is 5.75 Å². The van der Waals surface area contributed by atoms with Gasteiger partial charge in [0.05, 0.1) is 12.1 Å². The number of hydrogen-bond donors (Lipinski definition) is 2. The maximum absolute atomic E-state index is 11.3. The number of aromatic nitrogens is 1. The number of pyridine rings is 1. The average Bonchev–Trinajstić information content (AvgIpc) is 2.36. The molecule has 0 atom stereocenters. The molecule has 2 N–H and O–H groups in total. The van der Waals surface area contributed by atoms with Crippen LogP contribution in [0.5, 0.6) is 11.5 Å². The minimum atomic E-state index is -0.498. The first-order chi connectivity index (χ1) is 8.70. The number of hydrogen-bond acceptors (Lipinski definition) is 3. The van der Waals surface area contributed by atoms with Crippen molar-refractivity contribution in [3.05, 3.63) is 34.6 Å². The van der Waals surface area contributed by atoms with Gasteiger partial charge in [-0.05, 0) is 31.0 Å². The van der Waals surface area contributed by atoms with Crippen molar-refractivity contribution in [1.29, 1.82) is 0 Å². The quantitative estimate of drug-likeness (QED) is 0.647. The van der Waals surface area contributed by atoms with Crippen molar-refractivity contribution >= 4 is 22.5 Å². The number of alkyl halides is 1. The SMILES string of the molecule is O=c1[nH]c2cc(OCCCCCl)ccc2cc1O. The lowest BCUT2D eigenvalue weighted by molar-refractivity contribution is 0.310. The van der Waals surface area contributed by atoms with Crippen LogP contribution in [0.1, 0.15) is 12.8 Å². The Morgan fingerprint density at radius 1 is 1.28 bits per heavy atom. The second-order valence-corrected chi connectivity index (χ2v) is 4.36. The number of rotatable bonds is 5. The summed E-state index contributed by atoms with van der Waals surface area (Å²) in [6.07, 6.45) is 1.81. The van der Waals surface area contributed by atoms with Crippen LogP contribution >= 0.6 is 11.6 Å². The molecule has 0 bridgehead atoms. The monoisotopic (exact) mass is 267 g/mol. The molecule has 0 fully saturated rings. The van der Waals surface area contributed by atoms with E-state index in [1.165, 1.54) is 6.07 Å². The fourth-order valence-electron chi connectivity index (χ4n) is 1.65. The van der Waals surface area contributed by atoms with Gasteiger partial charge >= 0.3 is 0 Å². The standard InChI is InChI=1S/C13H14ClNO3/c14-5-1-2-6-18-10-4-3-9-7-12(16)13(17)15-11(9)8-10/h3-4,7-8,16H,1-2,5-6H2,(H,15,17). The number of H-pyrrole nitrogens is 1. The summed E-state index contributed by atoms with van der Waals surface area (Å²) in [6.45, 7) is 0.598. The average molecular weight is 268 g/mol. The van der Waals surface area contributed by atoms with Crippen LogP contribution in [0.3, 0.4) is 0 Å². The Labute approximate surface area is 109 Å². The number of fused-ring (bicyclic) bond motifs is 1. The summed E-state index contributed by atoms with van der Waals surface area (Å²) >= 11 is 5.57. The predicted octanol–water partition coefficient (Wildman–Crippen LogP) is 2.63. The van der Waals surface area contributed by atoms with Gasteiger partial charge in [-0.2, -0.15) is 0 Å². The molecule has 0 radical (unpaired) electrons. The van der Waals surface area contributed by atoms with E-state index in [9.17, 15) is 9.90 Å². The Kier molecular flexibility index (Phi) is 4.10. The minimum absolute atomic E-state index is 0.279. The Hall–Kier alpha value is -1.68. The van der Waals surface area contributed by atoms with E-state index in [1.54, 1.807) is 18.2 Å². The molecule has 2 aromatic rings. The number of aromatic hydroxyl groups is 1. The van der Waals surface area contributed by atoms with Gasteiger partial charge in [-0.1, -0.05) is 0 Å². The molecule has 1 aromatic carbocycles. The largest absolute Gasteiger partial charge is 0.503 e. The smallest absolute Gasteiger partial charge is 0.290 e. The van der Waals surface area contributed by atoms with Gasteiger partial charge < -0.3 is 14.8 Å². The van der Waals surface area contributed by atoms with Crippen LogP contribution in [-0.4, -0.2) is 22.6 Å². The third-order valence-corrected chi connectivity index (χ3v) is 2.86. The van der Waals surface area contributed by atoms with Gasteiger partial charge in [-0.25, -0.2) is 0 Å². The van der Waals surface area contributed by atoms with Crippen molar-refractivity contribution in [2.75, 3.05) is 12.5 Å². The van der Waals surface area contributed by atoms with E-state index in [-0.39, 0.29) is 5.75 Å². The number of nitrogens with one attached hydrogen (secondary N) is 1. The molecular formula is C13H14ClNO3. The summed E-state index contributed by atoms with van der Waals surface area (Å²) in [5.74, 6) is 1.05. The molecule has 0 spiro atoms. The highest BCUT2D eigenvalue weighted by molar-refractivity contribution is 6.17. The molecule has 18 heavy (non-hydrogen) atoms. The zero-order valence-corrected chi connectivity index (χ0v) is 10.5. The maximum Gasteiger partial charge on any atom is 0.290 e. The van der Waals surface area contributed by atoms with Gasteiger partial charge in [-0.15, -0.1) is 11.6 Å². The molecule has 0 saturated heterocycles. The summed E-state index contributed by atoms with van der Waals surface area (Å²) in [6, 6.07) is 6.78. The lowest BCUT2D eigenvalue weighted by Crippen LogP contribution is -2.04. The molecular weight excluding hydrogens is 254 g/mol. The van der Waals surface area contributed by atoms with Gasteiger partial charge in [-0.3, -0.25) is 4.79 Å². The molecule has 0 amide bonds. The molecule has 5 heteroatoms. The number of ether oxygens (including phenoxy) is 1. The molecule has 96 valence electrons. The molecule has 0 aliphatic heterocycles. The van der Waals surface area contributed by atoms with Crippen LogP contribution in [0.4, 0.5) is 0 Å². The van der Waals surface area contributed by atoms with Crippen molar-refractivity contribution in [2.45, 2.75) is 12.8 Å². The van der Waals surface area contributed by atoms with Crippen molar-refractivity contribution in [1.82, 2.24) is 4.98 Å².